The van der Waals surface area contributed by atoms with Crippen LogP contribution in [0.4, 0.5) is 5.13 Å². The number of nitrogens with two attached hydrogens (primary N) is 1. The molecule has 0 radical (unpaired) electrons. The molecule has 1 amide bonds. The van der Waals surface area contributed by atoms with Crippen LogP contribution in [0.5, 0.6) is 5.75 Å². The molecule has 1 atom stereocenters. The van der Waals surface area contributed by atoms with Gasteiger partial charge in [-0.25, -0.2) is 4.98 Å². The molecule has 2 N–H and O–H groups in total. The van der Waals surface area contributed by atoms with Crippen molar-refractivity contribution < 1.29 is 9.53 Å². The minimum atomic E-state index is 0.0268. The normalized spacial score (nSPS) is 16.2. The second kappa shape index (κ2) is 5.96. The molecule has 1 aliphatic heterocycles. The molecule has 2 heterocycles. The first-order valence-corrected chi connectivity index (χ1v) is 8.05. The highest BCUT2D eigenvalue weighted by Crippen LogP contribution is 2.28. The molecule has 3 rings (SSSR count). The summed E-state index contributed by atoms with van der Waals surface area (Å²) in [5, 5.41) is 0.512. The average molecular weight is 317 g/mol. The smallest absolute Gasteiger partial charge is 0.227 e. The molecule has 116 valence electrons. The molecular weight excluding hydrogens is 298 g/mol. The van der Waals surface area contributed by atoms with Crippen molar-refractivity contribution in [3.8, 4) is 5.75 Å². The van der Waals surface area contributed by atoms with Crippen molar-refractivity contribution in [3.05, 3.63) is 40.4 Å². The number of ether oxygens (including phenoxy) is 1. The van der Waals surface area contributed by atoms with Crippen molar-refractivity contribution in [2.75, 3.05) is 19.3 Å². The van der Waals surface area contributed by atoms with Gasteiger partial charge in [0.25, 0.3) is 0 Å². The summed E-state index contributed by atoms with van der Waals surface area (Å²) in [7, 11) is 1.81. The summed E-state index contributed by atoms with van der Waals surface area (Å²) in [6, 6.07) is 8.02. The van der Waals surface area contributed by atoms with E-state index < -0.39 is 0 Å². The number of nitrogen functional groups attached to an aromatic ring is 1. The number of fused-ring (bicyclic) bond motifs is 1. The molecule has 0 aliphatic carbocycles. The molecule has 1 aromatic carbocycles. The van der Waals surface area contributed by atoms with Gasteiger partial charge in [-0.15, -0.1) is 11.3 Å². The van der Waals surface area contributed by atoms with Gasteiger partial charge >= 0.3 is 0 Å². The Morgan fingerprint density at radius 2 is 2.27 bits per heavy atom. The summed E-state index contributed by atoms with van der Waals surface area (Å²) in [5.41, 5.74) is 7.72. The maximum Gasteiger partial charge on any atom is 0.227 e. The summed E-state index contributed by atoms with van der Waals surface area (Å²) in [5.74, 6) is 0.991. The number of aromatic nitrogens is 1. The fourth-order valence-electron chi connectivity index (χ4n) is 2.65. The minimum Gasteiger partial charge on any atom is -0.488 e. The molecule has 6 heteroatoms. The lowest BCUT2D eigenvalue weighted by Crippen LogP contribution is -2.37. The van der Waals surface area contributed by atoms with Crippen molar-refractivity contribution >= 4 is 22.4 Å². The number of nitrogens with zero attached hydrogens (tertiary/aromatic N) is 2. The van der Waals surface area contributed by atoms with E-state index in [2.05, 4.69) is 11.1 Å². The largest absolute Gasteiger partial charge is 0.488 e. The van der Waals surface area contributed by atoms with Crippen LogP contribution in [0.15, 0.2) is 24.3 Å². The van der Waals surface area contributed by atoms with E-state index in [-0.39, 0.29) is 12.0 Å². The first-order valence-electron chi connectivity index (χ1n) is 7.23. The lowest BCUT2D eigenvalue weighted by molar-refractivity contribution is -0.130. The maximum absolute atomic E-state index is 12.3. The number of para-hydroxylation sites is 1. The number of likely N-dealkylation sites (N-methyl/N-ethyl adjacent to an activating group) is 1. The number of carbonyl (C=O) groups excluding carboxylic acids is 1. The lowest BCUT2D eigenvalue weighted by Gasteiger charge is -2.21. The van der Waals surface area contributed by atoms with Gasteiger partial charge in [0.05, 0.1) is 18.7 Å². The van der Waals surface area contributed by atoms with Gasteiger partial charge in [-0.05, 0) is 18.6 Å². The first kappa shape index (κ1) is 14.8. The maximum atomic E-state index is 12.3. The van der Waals surface area contributed by atoms with E-state index in [0.29, 0.717) is 18.1 Å². The van der Waals surface area contributed by atoms with Gasteiger partial charge in [-0.2, -0.15) is 0 Å². The fourth-order valence-corrected chi connectivity index (χ4v) is 3.47. The second-order valence-electron chi connectivity index (χ2n) is 5.56. The predicted octanol–water partition coefficient (Wildman–Crippen LogP) is 2.04. The number of hydrogen-bond acceptors (Lipinski definition) is 5. The molecular formula is C16H19N3O2S. The Kier molecular flexibility index (Phi) is 4.02. The molecule has 22 heavy (non-hydrogen) atoms. The first-order chi connectivity index (χ1) is 10.5. The molecule has 0 saturated heterocycles. The van der Waals surface area contributed by atoms with Crippen LogP contribution in [0.1, 0.15) is 16.1 Å². The number of amides is 1. The highest BCUT2D eigenvalue weighted by molar-refractivity contribution is 7.15. The molecule has 0 bridgehead atoms. The third-order valence-electron chi connectivity index (χ3n) is 3.84. The third-order valence-corrected chi connectivity index (χ3v) is 4.82. The zero-order chi connectivity index (χ0) is 15.7. The Bertz CT molecular complexity index is 673. The molecule has 0 spiro atoms. The van der Waals surface area contributed by atoms with Crippen molar-refractivity contribution in [1.82, 2.24) is 9.88 Å². The van der Waals surface area contributed by atoms with Gasteiger partial charge < -0.3 is 15.4 Å². The van der Waals surface area contributed by atoms with Crippen LogP contribution in [0.25, 0.3) is 0 Å². The SMILES string of the molecule is Cc1nc(N)sc1CC(=O)N(C)C[C@H]1Cc2ccccc2O1. The Balaban J connectivity index is 1.57. The van der Waals surface area contributed by atoms with Crippen molar-refractivity contribution in [2.45, 2.75) is 25.9 Å². The van der Waals surface area contributed by atoms with Crippen molar-refractivity contribution in [1.29, 1.82) is 0 Å². The molecule has 5 nitrogen and oxygen atoms in total. The topological polar surface area (TPSA) is 68.5 Å². The molecule has 1 aliphatic rings. The van der Waals surface area contributed by atoms with E-state index in [4.69, 9.17) is 10.5 Å². The highest BCUT2D eigenvalue weighted by atomic mass is 32.1. The Hall–Kier alpha value is -2.08. The zero-order valence-corrected chi connectivity index (χ0v) is 13.5. The highest BCUT2D eigenvalue weighted by Gasteiger charge is 2.25. The number of benzene rings is 1. The number of rotatable bonds is 4. The third kappa shape index (κ3) is 3.06. The van der Waals surface area contributed by atoms with E-state index in [0.717, 1.165) is 22.7 Å². The number of anilines is 1. The second-order valence-corrected chi connectivity index (χ2v) is 6.68. The van der Waals surface area contributed by atoms with Crippen molar-refractivity contribution in [3.63, 3.8) is 0 Å². The molecule has 0 unspecified atom stereocenters. The summed E-state index contributed by atoms with van der Waals surface area (Å²) in [4.78, 5) is 19.2. The predicted molar refractivity (Wildman–Crippen MR) is 87.2 cm³/mol. The van der Waals surface area contributed by atoms with Gasteiger partial charge in [0.2, 0.25) is 5.91 Å². The van der Waals surface area contributed by atoms with E-state index in [1.54, 1.807) is 4.90 Å². The van der Waals surface area contributed by atoms with E-state index in [1.807, 2.05) is 32.2 Å². The zero-order valence-electron chi connectivity index (χ0n) is 12.7. The quantitative estimate of drug-likeness (QED) is 0.937. The van der Waals surface area contributed by atoms with Crippen LogP contribution >= 0.6 is 11.3 Å². The molecule has 2 aromatic rings. The standard InChI is InChI=1S/C16H19N3O2S/c1-10-14(22-16(17)18-10)8-15(20)19(2)9-12-7-11-5-3-4-6-13(11)21-12/h3-6,12H,7-9H2,1-2H3,(H2,17,18)/t12-/m1/s1. The van der Waals surface area contributed by atoms with Gasteiger partial charge in [-0.1, -0.05) is 18.2 Å². The Morgan fingerprint density at radius 3 is 2.95 bits per heavy atom. The van der Waals surface area contributed by atoms with Crippen LogP contribution in [0, 0.1) is 6.92 Å². The number of aryl methyl sites for hydroxylation is 1. The van der Waals surface area contributed by atoms with Crippen LogP contribution in [-0.2, 0) is 17.6 Å². The van der Waals surface area contributed by atoms with Crippen LogP contribution in [-0.4, -0.2) is 35.5 Å². The van der Waals surface area contributed by atoms with Gasteiger partial charge in [0.15, 0.2) is 5.13 Å². The summed E-state index contributed by atoms with van der Waals surface area (Å²) < 4.78 is 5.88. The van der Waals surface area contributed by atoms with Gasteiger partial charge in [0, 0.05) is 18.3 Å². The summed E-state index contributed by atoms with van der Waals surface area (Å²) in [6.07, 6.45) is 1.22. The number of thiazole rings is 1. The monoisotopic (exact) mass is 317 g/mol. The van der Waals surface area contributed by atoms with Crippen LogP contribution in [0.3, 0.4) is 0 Å². The molecule has 1 aromatic heterocycles. The van der Waals surface area contributed by atoms with Crippen LogP contribution in [0.2, 0.25) is 0 Å². The lowest BCUT2D eigenvalue weighted by atomic mass is 10.1. The minimum absolute atomic E-state index is 0.0268. The van der Waals surface area contributed by atoms with Crippen molar-refractivity contribution in [2.24, 2.45) is 0 Å². The summed E-state index contributed by atoms with van der Waals surface area (Å²) in [6.45, 7) is 2.47. The Morgan fingerprint density at radius 1 is 1.50 bits per heavy atom. The fraction of sp³-hybridized carbons (Fsp3) is 0.375. The molecule has 0 fully saturated rings. The van der Waals surface area contributed by atoms with Gasteiger partial charge in [0.1, 0.15) is 11.9 Å². The molecule has 0 saturated carbocycles. The Labute approximate surface area is 133 Å². The van der Waals surface area contributed by atoms with Crippen LogP contribution < -0.4 is 10.5 Å². The van der Waals surface area contributed by atoms with E-state index in [1.165, 1.54) is 16.9 Å². The number of carbonyl (C=O) groups is 1. The average Bonchev–Trinajstić information content (AvgIpc) is 3.01. The number of hydrogen-bond donors (Lipinski definition) is 1. The summed E-state index contributed by atoms with van der Waals surface area (Å²) >= 11 is 1.38. The van der Waals surface area contributed by atoms with Gasteiger partial charge in [-0.3, -0.25) is 4.79 Å². The van der Waals surface area contributed by atoms with E-state index in [9.17, 15) is 4.79 Å². The van der Waals surface area contributed by atoms with E-state index >= 15 is 0 Å².